The summed E-state index contributed by atoms with van der Waals surface area (Å²) in [5.41, 5.74) is 1.20. The molecule has 1 amide bonds. The molecule has 4 rings (SSSR count). The van der Waals surface area contributed by atoms with Gasteiger partial charge in [0.25, 0.3) is 0 Å². The van der Waals surface area contributed by atoms with Crippen LogP contribution in [0.1, 0.15) is 68.3 Å². The summed E-state index contributed by atoms with van der Waals surface area (Å²) in [6.07, 6.45) is 6.38. The van der Waals surface area contributed by atoms with Crippen LogP contribution < -0.4 is 10.1 Å². The van der Waals surface area contributed by atoms with Crippen molar-refractivity contribution in [2.24, 2.45) is 17.8 Å². The van der Waals surface area contributed by atoms with Crippen molar-refractivity contribution in [3.8, 4) is 11.8 Å². The Morgan fingerprint density at radius 1 is 1.26 bits per heavy atom. The third-order valence-corrected chi connectivity index (χ3v) is 7.68. The number of hydrogen-bond acceptors (Lipinski definition) is 5. The number of H-pyrrole nitrogens is 1. The molecule has 3 unspecified atom stereocenters. The topological polar surface area (TPSA) is 112 Å². The first-order chi connectivity index (χ1) is 16.4. The summed E-state index contributed by atoms with van der Waals surface area (Å²) in [5.74, 6) is 0.199. The second-order valence-corrected chi connectivity index (χ2v) is 10.4. The first-order valence-corrected chi connectivity index (χ1v) is 12.8. The highest BCUT2D eigenvalue weighted by Crippen LogP contribution is 2.37. The Balaban J connectivity index is 1.46. The molecular formula is C26H30BrN3O4. The number of aromatic nitrogens is 1. The lowest BCUT2D eigenvalue weighted by atomic mass is 9.83. The van der Waals surface area contributed by atoms with Gasteiger partial charge in [0, 0.05) is 34.5 Å². The quantitative estimate of drug-likeness (QED) is 0.418. The van der Waals surface area contributed by atoms with Crippen molar-refractivity contribution in [2.75, 3.05) is 7.11 Å². The van der Waals surface area contributed by atoms with Crippen molar-refractivity contribution in [1.29, 1.82) is 5.26 Å². The lowest BCUT2D eigenvalue weighted by Crippen LogP contribution is -2.41. The van der Waals surface area contributed by atoms with Crippen LogP contribution >= 0.6 is 15.9 Å². The van der Waals surface area contributed by atoms with Gasteiger partial charge in [-0.2, -0.15) is 5.26 Å². The van der Waals surface area contributed by atoms with E-state index in [1.165, 1.54) is 0 Å². The molecule has 0 spiro atoms. The van der Waals surface area contributed by atoms with Crippen LogP contribution in [0.25, 0.3) is 10.9 Å². The summed E-state index contributed by atoms with van der Waals surface area (Å²) in [6.45, 7) is 0. The van der Waals surface area contributed by atoms with Crippen LogP contribution in [0.3, 0.4) is 0 Å². The molecule has 2 aromatic rings. The highest BCUT2D eigenvalue weighted by molar-refractivity contribution is 9.10. The summed E-state index contributed by atoms with van der Waals surface area (Å²) in [4.78, 5) is 41.7. The number of ether oxygens (including phenoxy) is 1. The zero-order chi connectivity index (χ0) is 24.2. The van der Waals surface area contributed by atoms with Crippen LogP contribution in [0.5, 0.6) is 5.75 Å². The third-order valence-electron chi connectivity index (χ3n) is 7.01. The zero-order valence-electron chi connectivity index (χ0n) is 19.4. The van der Waals surface area contributed by atoms with Crippen LogP contribution in [-0.2, 0) is 9.59 Å². The van der Waals surface area contributed by atoms with Crippen molar-refractivity contribution >= 4 is 44.3 Å². The van der Waals surface area contributed by atoms with E-state index < -0.39 is 12.0 Å². The van der Waals surface area contributed by atoms with Gasteiger partial charge in [0.2, 0.25) is 5.91 Å². The number of amides is 1. The minimum absolute atomic E-state index is 0.0651. The van der Waals surface area contributed by atoms with Crippen LogP contribution in [0.15, 0.2) is 22.7 Å². The fraction of sp³-hybridized carbons (Fsp3) is 0.538. The van der Waals surface area contributed by atoms with Crippen LogP contribution in [-0.4, -0.2) is 35.6 Å². The molecule has 3 atom stereocenters. The van der Waals surface area contributed by atoms with E-state index in [1.54, 1.807) is 13.2 Å². The molecule has 0 aliphatic heterocycles. The van der Waals surface area contributed by atoms with Crippen molar-refractivity contribution in [3.63, 3.8) is 0 Å². The van der Waals surface area contributed by atoms with Gasteiger partial charge in [-0.05, 0) is 65.7 Å². The Morgan fingerprint density at radius 2 is 2.06 bits per heavy atom. The van der Waals surface area contributed by atoms with E-state index in [9.17, 15) is 19.6 Å². The average Bonchev–Trinajstić information content (AvgIpc) is 3.53. The number of nitrogens with zero attached hydrogens (tertiary/aromatic N) is 1. The second-order valence-electron chi connectivity index (χ2n) is 9.56. The summed E-state index contributed by atoms with van der Waals surface area (Å²) in [7, 11) is 1.58. The maximum atomic E-state index is 13.2. The molecule has 2 aliphatic carbocycles. The van der Waals surface area contributed by atoms with Gasteiger partial charge >= 0.3 is 0 Å². The monoisotopic (exact) mass is 527 g/mol. The number of ketones is 2. The fourth-order valence-electron chi connectivity index (χ4n) is 4.88. The Morgan fingerprint density at radius 3 is 2.74 bits per heavy atom. The van der Waals surface area contributed by atoms with E-state index in [1.807, 2.05) is 12.1 Å². The summed E-state index contributed by atoms with van der Waals surface area (Å²) < 4.78 is 6.23. The molecule has 0 radical (unpaired) electrons. The largest absolute Gasteiger partial charge is 0.496 e. The first kappa shape index (κ1) is 24.5. The van der Waals surface area contributed by atoms with Gasteiger partial charge in [0.05, 0.1) is 24.4 Å². The minimum Gasteiger partial charge on any atom is -0.496 e. The predicted octanol–water partition coefficient (Wildman–Crippen LogP) is 5.09. The van der Waals surface area contributed by atoms with Crippen LogP contribution in [0, 0.1) is 29.1 Å². The number of methoxy groups -OCH3 is 1. The zero-order valence-corrected chi connectivity index (χ0v) is 20.9. The SMILES string of the molecule is COc1ccc(Br)c2[nH]c(C(=O)CC(CC3CC3)C(=O)NC(C#N)CC3CCCCC3=O)cc12. The Labute approximate surface area is 207 Å². The molecule has 34 heavy (non-hydrogen) atoms. The number of nitriles is 1. The summed E-state index contributed by atoms with van der Waals surface area (Å²) in [5, 5.41) is 13.3. The van der Waals surface area contributed by atoms with Gasteiger partial charge in [-0.15, -0.1) is 0 Å². The van der Waals surface area contributed by atoms with E-state index in [2.05, 4.69) is 32.3 Å². The Bertz CT molecular complexity index is 1130. The minimum atomic E-state index is -0.718. The first-order valence-electron chi connectivity index (χ1n) is 12.0. The molecule has 1 heterocycles. The molecule has 2 N–H and O–H groups in total. The molecule has 7 nitrogen and oxygen atoms in total. The Kier molecular flexibility index (Phi) is 7.72. The molecule has 2 saturated carbocycles. The number of carbonyl (C=O) groups is 3. The number of rotatable bonds is 10. The van der Waals surface area contributed by atoms with E-state index in [-0.39, 0.29) is 29.8 Å². The molecule has 2 aliphatic rings. The number of benzene rings is 1. The fourth-order valence-corrected chi connectivity index (χ4v) is 5.33. The number of aromatic amines is 1. The normalized spacial score (nSPS) is 19.9. The van der Waals surface area contributed by atoms with Gasteiger partial charge in [-0.1, -0.05) is 19.3 Å². The Hall–Kier alpha value is -2.66. The molecule has 0 bridgehead atoms. The predicted molar refractivity (Wildman–Crippen MR) is 131 cm³/mol. The maximum Gasteiger partial charge on any atom is 0.224 e. The molecular weight excluding hydrogens is 498 g/mol. The highest BCUT2D eigenvalue weighted by atomic mass is 79.9. The highest BCUT2D eigenvalue weighted by Gasteiger charge is 2.33. The summed E-state index contributed by atoms with van der Waals surface area (Å²) >= 11 is 3.50. The van der Waals surface area contributed by atoms with Gasteiger partial charge in [-0.3, -0.25) is 14.4 Å². The standard InChI is InChI=1S/C26H30BrN3O4/c1-34-24-9-8-20(27)25-19(24)13-21(30-25)23(32)12-17(10-15-6-7-15)26(33)29-18(14-28)11-16-4-2-3-5-22(16)31/h8-9,13,15-18,30H,2-7,10-12H2,1H3,(H,29,33). The van der Waals surface area contributed by atoms with Gasteiger partial charge in [0.1, 0.15) is 17.6 Å². The smallest absolute Gasteiger partial charge is 0.224 e. The number of halogens is 1. The molecule has 8 heteroatoms. The maximum absolute atomic E-state index is 13.2. The van der Waals surface area contributed by atoms with Gasteiger partial charge < -0.3 is 15.0 Å². The van der Waals surface area contributed by atoms with Crippen LogP contribution in [0.4, 0.5) is 0 Å². The van der Waals surface area contributed by atoms with Crippen LogP contribution in [0.2, 0.25) is 0 Å². The second kappa shape index (κ2) is 10.7. The summed E-state index contributed by atoms with van der Waals surface area (Å²) in [6, 6.07) is 6.88. The number of hydrogen-bond donors (Lipinski definition) is 2. The number of carbonyl (C=O) groups excluding carboxylic acids is 3. The molecule has 0 saturated heterocycles. The van der Waals surface area contributed by atoms with Crippen molar-refractivity contribution < 1.29 is 19.1 Å². The number of Topliss-reactive ketones (excluding diaryl/α,β-unsaturated/α-hetero) is 2. The number of nitrogens with one attached hydrogen (secondary N) is 2. The van der Waals surface area contributed by atoms with E-state index in [0.717, 1.165) is 47.5 Å². The van der Waals surface area contributed by atoms with E-state index in [0.29, 0.717) is 36.6 Å². The van der Waals surface area contributed by atoms with Gasteiger partial charge in [-0.25, -0.2) is 0 Å². The van der Waals surface area contributed by atoms with E-state index >= 15 is 0 Å². The van der Waals surface area contributed by atoms with Gasteiger partial charge in [0.15, 0.2) is 5.78 Å². The van der Waals surface area contributed by atoms with Crippen molar-refractivity contribution in [2.45, 2.75) is 63.8 Å². The molecule has 2 fully saturated rings. The molecule has 1 aromatic heterocycles. The molecule has 180 valence electrons. The van der Waals surface area contributed by atoms with Crippen molar-refractivity contribution in [3.05, 3.63) is 28.4 Å². The number of fused-ring (bicyclic) bond motifs is 1. The van der Waals surface area contributed by atoms with Crippen molar-refractivity contribution in [1.82, 2.24) is 10.3 Å². The lowest BCUT2D eigenvalue weighted by Gasteiger charge is -2.24. The average molecular weight is 528 g/mol. The lowest BCUT2D eigenvalue weighted by molar-refractivity contribution is -0.127. The van der Waals surface area contributed by atoms with E-state index in [4.69, 9.17) is 4.74 Å². The molecule has 1 aromatic carbocycles. The third kappa shape index (κ3) is 5.69.